The molecule has 0 aromatic heterocycles. The lowest BCUT2D eigenvalue weighted by atomic mass is 9.96. The summed E-state index contributed by atoms with van der Waals surface area (Å²) in [6.45, 7) is 1.44. The van der Waals surface area contributed by atoms with E-state index in [2.05, 4.69) is 15.5 Å². The Bertz CT molecular complexity index is 403. The number of rotatable bonds is 0. The molecule has 5 heteroatoms. The van der Waals surface area contributed by atoms with Gasteiger partial charge in [0.25, 0.3) is 0 Å². The molecule has 0 spiro atoms. The van der Waals surface area contributed by atoms with Gasteiger partial charge in [0, 0.05) is 12.6 Å². The molecule has 0 saturated heterocycles. The largest absolute Gasteiger partial charge is 0.399 e. The molecule has 0 radical (unpaired) electrons. The Morgan fingerprint density at radius 1 is 1.50 bits per heavy atom. The molecule has 1 heterocycles. The maximum absolute atomic E-state index is 10.8. The number of allylic oxidation sites excluding steroid dienone is 2. The fourth-order valence-corrected chi connectivity index (χ4v) is 1.39. The lowest BCUT2D eigenvalue weighted by Gasteiger charge is -2.13. The molecule has 0 bridgehead atoms. The molecule has 0 saturated carbocycles. The van der Waals surface area contributed by atoms with Gasteiger partial charge >= 0.3 is 0 Å². The van der Waals surface area contributed by atoms with Gasteiger partial charge in [-0.15, -0.1) is 5.10 Å². The summed E-state index contributed by atoms with van der Waals surface area (Å²) in [5.41, 5.74) is 7.10. The Balaban J connectivity index is 2.20. The van der Waals surface area contributed by atoms with Crippen molar-refractivity contribution in [3.8, 4) is 0 Å². The van der Waals surface area contributed by atoms with Gasteiger partial charge in [-0.3, -0.25) is 4.79 Å². The number of nitrogens with zero attached hydrogens (tertiary/aromatic N) is 2. The standard InChI is InChI=1S/C9H10N4O/c1-5(14)11-9-7-4-6(10)2-3-8(7)12-13-9/h2-4,7H,10H2,1H3,(H,11,13,14). The van der Waals surface area contributed by atoms with E-state index < -0.39 is 0 Å². The van der Waals surface area contributed by atoms with Gasteiger partial charge in [0.1, 0.15) is 5.84 Å². The molecule has 5 nitrogen and oxygen atoms in total. The third-order valence-electron chi connectivity index (χ3n) is 2.00. The Kier molecular flexibility index (Phi) is 1.92. The summed E-state index contributed by atoms with van der Waals surface area (Å²) in [4.78, 5) is 10.8. The maximum Gasteiger partial charge on any atom is 0.222 e. The quantitative estimate of drug-likeness (QED) is 0.560. The van der Waals surface area contributed by atoms with E-state index in [9.17, 15) is 4.79 Å². The van der Waals surface area contributed by atoms with Crippen LogP contribution in [-0.4, -0.2) is 17.5 Å². The van der Waals surface area contributed by atoms with E-state index in [1.54, 1.807) is 12.2 Å². The molecule has 2 aliphatic rings. The molecule has 2 rings (SSSR count). The number of amides is 1. The molecule has 14 heavy (non-hydrogen) atoms. The highest BCUT2D eigenvalue weighted by Crippen LogP contribution is 2.18. The number of carbonyl (C=O) groups excluding carboxylic acids is 1. The second kappa shape index (κ2) is 3.10. The molecule has 1 aliphatic carbocycles. The first kappa shape index (κ1) is 8.68. The van der Waals surface area contributed by atoms with Crippen LogP contribution in [0.4, 0.5) is 0 Å². The lowest BCUT2D eigenvalue weighted by molar-refractivity contribution is -0.117. The second-order valence-electron chi connectivity index (χ2n) is 3.17. The van der Waals surface area contributed by atoms with Crippen molar-refractivity contribution in [2.45, 2.75) is 6.92 Å². The van der Waals surface area contributed by atoms with Crippen LogP contribution in [0.1, 0.15) is 6.92 Å². The van der Waals surface area contributed by atoms with Gasteiger partial charge in [0.15, 0.2) is 0 Å². The minimum atomic E-state index is -0.151. The van der Waals surface area contributed by atoms with Gasteiger partial charge in [-0.05, 0) is 18.2 Å². The van der Waals surface area contributed by atoms with Crippen molar-refractivity contribution in [2.24, 2.45) is 21.9 Å². The monoisotopic (exact) mass is 190 g/mol. The molecule has 3 N–H and O–H groups in total. The van der Waals surface area contributed by atoms with Gasteiger partial charge in [-0.2, -0.15) is 5.10 Å². The molecule has 1 amide bonds. The van der Waals surface area contributed by atoms with Crippen molar-refractivity contribution < 1.29 is 4.79 Å². The molecule has 0 fully saturated rings. The summed E-state index contributed by atoms with van der Waals surface area (Å²) < 4.78 is 0. The smallest absolute Gasteiger partial charge is 0.222 e. The zero-order valence-corrected chi connectivity index (χ0v) is 7.69. The molecule has 1 unspecified atom stereocenters. The van der Waals surface area contributed by atoms with E-state index in [-0.39, 0.29) is 11.8 Å². The topological polar surface area (TPSA) is 79.8 Å². The second-order valence-corrected chi connectivity index (χ2v) is 3.17. The number of amidine groups is 1. The zero-order valence-electron chi connectivity index (χ0n) is 7.69. The number of hydrogen-bond donors (Lipinski definition) is 2. The number of carbonyl (C=O) groups is 1. The van der Waals surface area contributed by atoms with Gasteiger partial charge in [0.2, 0.25) is 5.91 Å². The highest BCUT2D eigenvalue weighted by atomic mass is 16.1. The Morgan fingerprint density at radius 2 is 2.29 bits per heavy atom. The van der Waals surface area contributed by atoms with Crippen LogP contribution in [0.3, 0.4) is 0 Å². The summed E-state index contributed by atoms with van der Waals surface area (Å²) in [5, 5.41) is 10.4. The predicted molar refractivity (Wildman–Crippen MR) is 53.6 cm³/mol. The minimum Gasteiger partial charge on any atom is -0.399 e. The van der Waals surface area contributed by atoms with Crippen LogP contribution in [0, 0.1) is 5.92 Å². The molecular weight excluding hydrogens is 180 g/mol. The van der Waals surface area contributed by atoms with E-state index in [1.165, 1.54) is 6.92 Å². The van der Waals surface area contributed by atoms with Crippen LogP contribution in [-0.2, 0) is 4.79 Å². The van der Waals surface area contributed by atoms with Gasteiger partial charge in [-0.25, -0.2) is 0 Å². The fraction of sp³-hybridized carbons (Fsp3) is 0.222. The van der Waals surface area contributed by atoms with E-state index in [4.69, 9.17) is 5.73 Å². The van der Waals surface area contributed by atoms with Crippen LogP contribution >= 0.6 is 0 Å². The molecule has 72 valence electrons. The number of nitrogens with two attached hydrogens (primary N) is 1. The number of fused-ring (bicyclic) bond motifs is 1. The molecule has 1 aliphatic heterocycles. The first-order chi connectivity index (χ1) is 6.66. The zero-order chi connectivity index (χ0) is 10.1. The molecule has 0 aromatic rings. The van der Waals surface area contributed by atoms with Crippen LogP contribution in [0.25, 0.3) is 0 Å². The third-order valence-corrected chi connectivity index (χ3v) is 2.00. The first-order valence-corrected chi connectivity index (χ1v) is 4.25. The highest BCUT2D eigenvalue weighted by molar-refractivity contribution is 6.19. The fourth-order valence-electron chi connectivity index (χ4n) is 1.39. The van der Waals surface area contributed by atoms with E-state index >= 15 is 0 Å². The van der Waals surface area contributed by atoms with Gasteiger partial charge in [-0.1, -0.05) is 0 Å². The predicted octanol–water partition coefficient (Wildman–Crippen LogP) is -0.0808. The summed E-state index contributed by atoms with van der Waals surface area (Å²) in [5.74, 6) is 0.297. The van der Waals surface area contributed by atoms with Gasteiger partial charge in [0.05, 0.1) is 11.6 Å². The Labute approximate surface area is 81.1 Å². The van der Waals surface area contributed by atoms with Crippen molar-refractivity contribution in [1.29, 1.82) is 0 Å². The van der Waals surface area contributed by atoms with Crippen molar-refractivity contribution in [1.82, 2.24) is 5.32 Å². The summed E-state index contributed by atoms with van der Waals surface area (Å²) in [6.07, 6.45) is 5.39. The SMILES string of the molecule is CC(=O)NC1=NN=C2C=CC(N)=CC21. The van der Waals surface area contributed by atoms with Crippen LogP contribution in [0.5, 0.6) is 0 Å². The third kappa shape index (κ3) is 1.44. The van der Waals surface area contributed by atoms with E-state index in [0.29, 0.717) is 11.5 Å². The normalized spacial score (nSPS) is 23.5. The maximum atomic E-state index is 10.8. The lowest BCUT2D eigenvalue weighted by Crippen LogP contribution is -2.35. The van der Waals surface area contributed by atoms with Crippen LogP contribution in [0.15, 0.2) is 34.1 Å². The molecule has 0 aromatic carbocycles. The minimum absolute atomic E-state index is 0.0936. The number of nitrogens with one attached hydrogen (secondary N) is 1. The van der Waals surface area contributed by atoms with Crippen molar-refractivity contribution in [3.05, 3.63) is 23.9 Å². The summed E-state index contributed by atoms with van der Waals surface area (Å²) in [6, 6.07) is 0. The Hall–Kier alpha value is -1.91. The summed E-state index contributed by atoms with van der Waals surface area (Å²) in [7, 11) is 0. The first-order valence-electron chi connectivity index (χ1n) is 4.25. The molecule has 1 atom stereocenters. The van der Waals surface area contributed by atoms with Crippen LogP contribution < -0.4 is 11.1 Å². The van der Waals surface area contributed by atoms with E-state index in [1.807, 2.05) is 6.08 Å². The molecular formula is C9H10N4O. The van der Waals surface area contributed by atoms with Crippen LogP contribution in [0.2, 0.25) is 0 Å². The summed E-state index contributed by atoms with van der Waals surface area (Å²) >= 11 is 0. The van der Waals surface area contributed by atoms with Crippen molar-refractivity contribution in [2.75, 3.05) is 0 Å². The van der Waals surface area contributed by atoms with Gasteiger partial charge < -0.3 is 11.1 Å². The Morgan fingerprint density at radius 3 is 3.00 bits per heavy atom. The van der Waals surface area contributed by atoms with Crippen molar-refractivity contribution >= 4 is 17.5 Å². The average molecular weight is 190 g/mol. The van der Waals surface area contributed by atoms with E-state index in [0.717, 1.165) is 5.71 Å². The highest BCUT2D eigenvalue weighted by Gasteiger charge is 2.26. The van der Waals surface area contributed by atoms with Crippen molar-refractivity contribution in [3.63, 3.8) is 0 Å². The number of hydrogen-bond acceptors (Lipinski definition) is 4. The average Bonchev–Trinajstić information content (AvgIpc) is 2.47.